The highest BCUT2D eigenvalue weighted by Gasteiger charge is 2.17. The van der Waals surface area contributed by atoms with Gasteiger partial charge < -0.3 is 16.0 Å². The van der Waals surface area contributed by atoms with Gasteiger partial charge in [0.05, 0.1) is 11.6 Å². The summed E-state index contributed by atoms with van der Waals surface area (Å²) >= 11 is 0. The first kappa shape index (κ1) is 12.6. The highest BCUT2D eigenvalue weighted by Crippen LogP contribution is 2.27. The van der Waals surface area contributed by atoms with Gasteiger partial charge in [-0.15, -0.1) is 0 Å². The van der Waals surface area contributed by atoms with Crippen LogP contribution in [0.2, 0.25) is 0 Å². The van der Waals surface area contributed by atoms with Gasteiger partial charge in [-0.1, -0.05) is 25.1 Å². The maximum Gasteiger partial charge on any atom is 0.228 e. The minimum absolute atomic E-state index is 0.00662. The Labute approximate surface area is 107 Å². The SMILES string of the molecule is CCC(CN)C(=O)Nc1c(C)[nH]c2ccccc12. The number of carbonyl (C=O) groups is 1. The highest BCUT2D eigenvalue weighted by molar-refractivity contribution is 6.03. The van der Waals surface area contributed by atoms with Crippen molar-refractivity contribution in [3.8, 4) is 0 Å². The summed E-state index contributed by atoms with van der Waals surface area (Å²) < 4.78 is 0. The molecule has 4 heteroatoms. The molecule has 4 nitrogen and oxygen atoms in total. The molecule has 0 saturated carbocycles. The molecule has 1 aromatic carbocycles. The van der Waals surface area contributed by atoms with Crippen LogP contribution in [0.1, 0.15) is 19.0 Å². The lowest BCUT2D eigenvalue weighted by Crippen LogP contribution is -2.28. The fraction of sp³-hybridized carbons (Fsp3) is 0.357. The maximum absolute atomic E-state index is 12.1. The second-order valence-electron chi connectivity index (χ2n) is 4.50. The van der Waals surface area contributed by atoms with E-state index in [0.717, 1.165) is 28.7 Å². The van der Waals surface area contributed by atoms with Gasteiger partial charge in [0.1, 0.15) is 0 Å². The van der Waals surface area contributed by atoms with Crippen LogP contribution < -0.4 is 11.1 Å². The second-order valence-corrected chi connectivity index (χ2v) is 4.50. The number of anilines is 1. The van der Waals surface area contributed by atoms with E-state index in [0.29, 0.717) is 6.54 Å². The van der Waals surface area contributed by atoms with Gasteiger partial charge in [0, 0.05) is 23.1 Å². The molecule has 0 bridgehead atoms. The van der Waals surface area contributed by atoms with E-state index in [1.165, 1.54) is 0 Å². The van der Waals surface area contributed by atoms with Crippen LogP contribution in [-0.2, 0) is 4.79 Å². The lowest BCUT2D eigenvalue weighted by molar-refractivity contribution is -0.119. The molecule has 0 spiro atoms. The minimum atomic E-state index is -0.127. The first-order valence-corrected chi connectivity index (χ1v) is 6.25. The number of H-pyrrole nitrogens is 1. The average molecular weight is 245 g/mol. The quantitative estimate of drug-likeness (QED) is 0.774. The number of hydrogen-bond donors (Lipinski definition) is 3. The molecule has 0 radical (unpaired) electrons. The molecule has 2 rings (SSSR count). The molecule has 1 atom stereocenters. The van der Waals surface area contributed by atoms with E-state index >= 15 is 0 Å². The number of para-hydroxylation sites is 1. The van der Waals surface area contributed by atoms with E-state index in [-0.39, 0.29) is 11.8 Å². The number of amides is 1. The van der Waals surface area contributed by atoms with Gasteiger partial charge in [-0.25, -0.2) is 0 Å². The van der Waals surface area contributed by atoms with E-state index in [2.05, 4.69) is 10.3 Å². The van der Waals surface area contributed by atoms with Crippen LogP contribution in [0, 0.1) is 12.8 Å². The number of aromatic amines is 1. The summed E-state index contributed by atoms with van der Waals surface area (Å²) in [6.45, 7) is 4.31. The smallest absolute Gasteiger partial charge is 0.228 e. The normalized spacial score (nSPS) is 12.6. The summed E-state index contributed by atoms with van der Waals surface area (Å²) in [5.74, 6) is -0.133. The number of nitrogens with one attached hydrogen (secondary N) is 2. The first-order valence-electron chi connectivity index (χ1n) is 6.25. The molecule has 0 saturated heterocycles. The number of carbonyl (C=O) groups excluding carboxylic acids is 1. The third kappa shape index (κ3) is 2.24. The van der Waals surface area contributed by atoms with Gasteiger partial charge in [0.25, 0.3) is 0 Å². The molecule has 0 aliphatic heterocycles. The predicted molar refractivity (Wildman–Crippen MR) is 74.5 cm³/mol. The Balaban J connectivity index is 2.31. The van der Waals surface area contributed by atoms with Crippen molar-refractivity contribution in [2.45, 2.75) is 20.3 Å². The van der Waals surface area contributed by atoms with Gasteiger partial charge in [-0.05, 0) is 19.4 Å². The standard InChI is InChI=1S/C14H19N3O/c1-3-10(8-15)14(18)17-13-9(2)16-12-7-5-4-6-11(12)13/h4-7,10,16H,3,8,15H2,1-2H3,(H,17,18). The van der Waals surface area contributed by atoms with E-state index < -0.39 is 0 Å². The van der Waals surface area contributed by atoms with Crippen LogP contribution in [0.4, 0.5) is 5.69 Å². The molecule has 0 fully saturated rings. The van der Waals surface area contributed by atoms with Crippen molar-refractivity contribution < 1.29 is 4.79 Å². The van der Waals surface area contributed by atoms with E-state index in [1.807, 2.05) is 38.1 Å². The summed E-state index contributed by atoms with van der Waals surface area (Å²) in [6.07, 6.45) is 0.754. The highest BCUT2D eigenvalue weighted by atomic mass is 16.1. The Kier molecular flexibility index (Phi) is 3.67. The zero-order valence-corrected chi connectivity index (χ0v) is 10.8. The molecule has 1 unspecified atom stereocenters. The summed E-state index contributed by atoms with van der Waals surface area (Å²) in [4.78, 5) is 15.3. The first-order chi connectivity index (χ1) is 8.67. The van der Waals surface area contributed by atoms with Gasteiger partial charge in [0.2, 0.25) is 5.91 Å². The van der Waals surface area contributed by atoms with Crippen LogP contribution in [-0.4, -0.2) is 17.4 Å². The zero-order valence-electron chi connectivity index (χ0n) is 10.8. The van der Waals surface area contributed by atoms with Crippen molar-refractivity contribution >= 4 is 22.5 Å². The Morgan fingerprint density at radius 2 is 2.17 bits per heavy atom. The Bertz CT molecular complexity index is 555. The van der Waals surface area contributed by atoms with Gasteiger partial charge >= 0.3 is 0 Å². The molecule has 96 valence electrons. The topological polar surface area (TPSA) is 70.9 Å². The van der Waals surface area contributed by atoms with Gasteiger partial charge in [-0.2, -0.15) is 0 Å². The zero-order chi connectivity index (χ0) is 13.1. The van der Waals surface area contributed by atoms with Crippen LogP contribution >= 0.6 is 0 Å². The van der Waals surface area contributed by atoms with Crippen molar-refractivity contribution in [1.29, 1.82) is 0 Å². The molecule has 1 amide bonds. The van der Waals surface area contributed by atoms with Crippen molar-refractivity contribution in [3.63, 3.8) is 0 Å². The number of rotatable bonds is 4. The van der Waals surface area contributed by atoms with Crippen LogP contribution in [0.3, 0.4) is 0 Å². The Hall–Kier alpha value is -1.81. The maximum atomic E-state index is 12.1. The molecule has 4 N–H and O–H groups in total. The average Bonchev–Trinajstić information content (AvgIpc) is 2.68. The van der Waals surface area contributed by atoms with Gasteiger partial charge in [0.15, 0.2) is 0 Å². The second kappa shape index (κ2) is 5.23. The molecule has 1 heterocycles. The monoisotopic (exact) mass is 245 g/mol. The largest absolute Gasteiger partial charge is 0.357 e. The summed E-state index contributed by atoms with van der Waals surface area (Å²) in [5, 5.41) is 4.02. The lowest BCUT2D eigenvalue weighted by atomic mass is 10.1. The number of benzene rings is 1. The number of nitrogens with two attached hydrogens (primary N) is 1. The summed E-state index contributed by atoms with van der Waals surface area (Å²) in [7, 11) is 0. The van der Waals surface area contributed by atoms with E-state index in [4.69, 9.17) is 5.73 Å². The number of fused-ring (bicyclic) bond motifs is 1. The van der Waals surface area contributed by atoms with Gasteiger partial charge in [-0.3, -0.25) is 4.79 Å². The van der Waals surface area contributed by atoms with E-state index in [9.17, 15) is 4.79 Å². The predicted octanol–water partition coefficient (Wildman–Crippen LogP) is 2.40. The number of aromatic nitrogens is 1. The third-order valence-corrected chi connectivity index (χ3v) is 3.29. The van der Waals surface area contributed by atoms with Crippen molar-refractivity contribution in [2.24, 2.45) is 11.7 Å². The molecule has 18 heavy (non-hydrogen) atoms. The minimum Gasteiger partial charge on any atom is -0.357 e. The van der Waals surface area contributed by atoms with Crippen LogP contribution in [0.25, 0.3) is 10.9 Å². The molecule has 2 aromatic rings. The lowest BCUT2D eigenvalue weighted by Gasteiger charge is -2.12. The fourth-order valence-corrected chi connectivity index (χ4v) is 2.12. The van der Waals surface area contributed by atoms with Crippen molar-refractivity contribution in [3.05, 3.63) is 30.0 Å². The van der Waals surface area contributed by atoms with E-state index in [1.54, 1.807) is 0 Å². The summed E-state index contributed by atoms with van der Waals surface area (Å²) in [5.41, 5.74) is 8.46. The van der Waals surface area contributed by atoms with Crippen molar-refractivity contribution in [1.82, 2.24) is 4.98 Å². The molecular formula is C14H19N3O. The molecule has 1 aromatic heterocycles. The third-order valence-electron chi connectivity index (χ3n) is 3.29. The Morgan fingerprint density at radius 1 is 1.44 bits per heavy atom. The number of aryl methyl sites for hydroxylation is 1. The van der Waals surface area contributed by atoms with Crippen LogP contribution in [0.15, 0.2) is 24.3 Å². The molecule has 0 aliphatic rings. The number of hydrogen-bond acceptors (Lipinski definition) is 2. The van der Waals surface area contributed by atoms with Crippen molar-refractivity contribution in [2.75, 3.05) is 11.9 Å². The Morgan fingerprint density at radius 3 is 2.83 bits per heavy atom. The molecular weight excluding hydrogens is 226 g/mol. The van der Waals surface area contributed by atoms with Crippen LogP contribution in [0.5, 0.6) is 0 Å². The summed E-state index contributed by atoms with van der Waals surface area (Å²) in [6, 6.07) is 7.93. The molecule has 0 aliphatic carbocycles. The fourth-order valence-electron chi connectivity index (χ4n) is 2.12.